The summed E-state index contributed by atoms with van der Waals surface area (Å²) < 4.78 is 5.02. The van der Waals surface area contributed by atoms with Crippen LogP contribution >= 0.6 is 12.2 Å². The minimum atomic E-state index is -0.845. The van der Waals surface area contributed by atoms with Crippen molar-refractivity contribution in [1.82, 2.24) is 10.6 Å². The molecule has 1 heterocycles. The molecular formula is C14H15N3O5S. The van der Waals surface area contributed by atoms with Crippen molar-refractivity contribution in [1.29, 1.82) is 0 Å². The third kappa shape index (κ3) is 3.39. The molecule has 0 saturated heterocycles. The Balaban J connectivity index is 2.56. The molecule has 3 N–H and O–H groups in total. The van der Waals surface area contributed by atoms with Crippen LogP contribution in [0.15, 0.2) is 29.5 Å². The van der Waals surface area contributed by atoms with Crippen molar-refractivity contribution in [2.45, 2.75) is 19.9 Å². The molecule has 1 aromatic rings. The predicted molar refractivity (Wildman–Crippen MR) is 85.7 cm³/mol. The first-order valence-electron chi connectivity index (χ1n) is 6.77. The van der Waals surface area contributed by atoms with Crippen LogP contribution in [0, 0.1) is 10.1 Å². The first-order valence-corrected chi connectivity index (χ1v) is 7.18. The molecule has 1 aliphatic heterocycles. The highest BCUT2D eigenvalue weighted by Gasteiger charge is 2.33. The number of non-ortho nitro benzene ring substituents is 1. The summed E-state index contributed by atoms with van der Waals surface area (Å²) in [6.07, 6.45) is 0. The van der Waals surface area contributed by atoms with Crippen molar-refractivity contribution >= 4 is 29.0 Å². The Morgan fingerprint density at radius 2 is 2.22 bits per heavy atom. The second-order valence-corrected chi connectivity index (χ2v) is 5.20. The number of hydrogen-bond acceptors (Lipinski definition) is 6. The zero-order valence-corrected chi connectivity index (χ0v) is 13.3. The van der Waals surface area contributed by atoms with Gasteiger partial charge in [0.15, 0.2) is 5.11 Å². The number of thiocarbonyl (C=S) groups is 1. The standard InChI is InChI=1S/C14H15N3O5S/c1-3-22-13(19)11-7(2)15-14(23)16-12(11)9-6-8(17(20)21)4-5-10(9)18/h4-6,12,18H,3H2,1-2H3,(H2,15,16,23). The average Bonchev–Trinajstić information content (AvgIpc) is 2.46. The quantitative estimate of drug-likeness (QED) is 0.329. The molecule has 0 fully saturated rings. The average molecular weight is 337 g/mol. The number of allylic oxidation sites excluding steroid dienone is 1. The number of nitro groups is 1. The maximum absolute atomic E-state index is 12.2. The van der Waals surface area contributed by atoms with Gasteiger partial charge in [0, 0.05) is 23.4 Å². The Morgan fingerprint density at radius 3 is 2.83 bits per heavy atom. The molecule has 0 radical (unpaired) electrons. The number of nitrogens with one attached hydrogen (secondary N) is 2. The summed E-state index contributed by atoms with van der Waals surface area (Å²) in [4.78, 5) is 22.6. The largest absolute Gasteiger partial charge is 0.508 e. The van der Waals surface area contributed by atoms with E-state index in [1.54, 1.807) is 13.8 Å². The van der Waals surface area contributed by atoms with Crippen molar-refractivity contribution in [3.63, 3.8) is 0 Å². The fourth-order valence-electron chi connectivity index (χ4n) is 2.29. The highest BCUT2D eigenvalue weighted by Crippen LogP contribution is 2.35. The topological polar surface area (TPSA) is 114 Å². The van der Waals surface area contributed by atoms with E-state index in [1.807, 2.05) is 0 Å². The molecule has 1 aliphatic rings. The van der Waals surface area contributed by atoms with Gasteiger partial charge in [0.05, 0.1) is 23.1 Å². The molecule has 0 saturated carbocycles. The van der Waals surface area contributed by atoms with Gasteiger partial charge in [0.1, 0.15) is 5.75 Å². The summed E-state index contributed by atoms with van der Waals surface area (Å²) in [5, 5.41) is 26.9. The number of esters is 1. The number of rotatable bonds is 4. The summed E-state index contributed by atoms with van der Waals surface area (Å²) in [6, 6.07) is 2.74. The van der Waals surface area contributed by atoms with Gasteiger partial charge in [-0.15, -0.1) is 0 Å². The van der Waals surface area contributed by atoms with Crippen molar-refractivity contribution in [2.75, 3.05) is 6.61 Å². The Bertz CT molecular complexity index is 716. The number of phenolic OH excluding ortho intramolecular Hbond substituents is 1. The molecule has 0 amide bonds. The van der Waals surface area contributed by atoms with Crippen LogP contribution in [0.3, 0.4) is 0 Å². The molecule has 0 spiro atoms. The monoisotopic (exact) mass is 337 g/mol. The molecule has 0 bridgehead atoms. The number of carbonyl (C=O) groups is 1. The van der Waals surface area contributed by atoms with E-state index >= 15 is 0 Å². The van der Waals surface area contributed by atoms with E-state index in [2.05, 4.69) is 10.6 Å². The number of hydrogen-bond donors (Lipinski definition) is 3. The van der Waals surface area contributed by atoms with Crippen LogP contribution in [0.4, 0.5) is 5.69 Å². The number of carbonyl (C=O) groups excluding carboxylic acids is 1. The van der Waals surface area contributed by atoms with Gasteiger partial charge in [-0.3, -0.25) is 10.1 Å². The maximum Gasteiger partial charge on any atom is 0.338 e. The van der Waals surface area contributed by atoms with Gasteiger partial charge < -0.3 is 20.5 Å². The number of aromatic hydroxyl groups is 1. The zero-order chi connectivity index (χ0) is 17.1. The lowest BCUT2D eigenvalue weighted by molar-refractivity contribution is -0.385. The molecule has 0 aliphatic carbocycles. The van der Waals surface area contributed by atoms with Gasteiger partial charge >= 0.3 is 5.97 Å². The van der Waals surface area contributed by atoms with Crippen LogP contribution in [0.5, 0.6) is 5.75 Å². The summed E-state index contributed by atoms with van der Waals surface area (Å²) in [6.45, 7) is 3.48. The van der Waals surface area contributed by atoms with Crippen molar-refractivity contribution in [2.24, 2.45) is 0 Å². The second-order valence-electron chi connectivity index (χ2n) is 4.79. The van der Waals surface area contributed by atoms with E-state index in [0.29, 0.717) is 5.70 Å². The minimum absolute atomic E-state index is 0.172. The first-order chi connectivity index (χ1) is 10.8. The molecule has 122 valence electrons. The highest BCUT2D eigenvalue weighted by atomic mass is 32.1. The highest BCUT2D eigenvalue weighted by molar-refractivity contribution is 7.80. The fraction of sp³-hybridized carbons (Fsp3) is 0.286. The number of ether oxygens (including phenoxy) is 1. The van der Waals surface area contributed by atoms with E-state index in [0.717, 1.165) is 0 Å². The van der Waals surface area contributed by atoms with E-state index in [9.17, 15) is 20.0 Å². The maximum atomic E-state index is 12.2. The summed E-state index contributed by atoms with van der Waals surface area (Å²) in [7, 11) is 0. The van der Waals surface area contributed by atoms with Crippen LogP contribution in [0.25, 0.3) is 0 Å². The van der Waals surface area contributed by atoms with E-state index in [4.69, 9.17) is 17.0 Å². The molecule has 1 unspecified atom stereocenters. The Hall–Kier alpha value is -2.68. The molecule has 23 heavy (non-hydrogen) atoms. The molecule has 8 nitrogen and oxygen atoms in total. The first kappa shape index (κ1) is 16.7. The molecular weight excluding hydrogens is 322 g/mol. The van der Waals surface area contributed by atoms with Crippen LogP contribution in [0.1, 0.15) is 25.5 Å². The van der Waals surface area contributed by atoms with Gasteiger partial charge in [-0.05, 0) is 32.1 Å². The molecule has 1 atom stereocenters. The molecule has 2 rings (SSSR count). The number of phenols is 1. The number of nitrogens with zero attached hydrogens (tertiary/aromatic N) is 1. The Labute approximate surface area is 137 Å². The van der Waals surface area contributed by atoms with Gasteiger partial charge in [0.2, 0.25) is 0 Å². The molecule has 1 aromatic carbocycles. The fourth-order valence-corrected chi connectivity index (χ4v) is 2.56. The lowest BCUT2D eigenvalue weighted by Gasteiger charge is -2.30. The summed E-state index contributed by atoms with van der Waals surface area (Å²) >= 11 is 5.07. The van der Waals surface area contributed by atoms with Crippen molar-refractivity contribution in [3.8, 4) is 5.75 Å². The Kier molecular flexibility index (Phi) is 4.80. The smallest absolute Gasteiger partial charge is 0.338 e. The third-order valence-electron chi connectivity index (χ3n) is 3.30. The number of nitro benzene ring substituents is 1. The minimum Gasteiger partial charge on any atom is -0.508 e. The number of benzene rings is 1. The lowest BCUT2D eigenvalue weighted by atomic mass is 9.94. The summed E-state index contributed by atoms with van der Waals surface area (Å²) in [5.41, 5.74) is 0.634. The second kappa shape index (κ2) is 6.61. The Morgan fingerprint density at radius 1 is 1.52 bits per heavy atom. The van der Waals surface area contributed by atoms with Crippen LogP contribution in [0.2, 0.25) is 0 Å². The van der Waals surface area contributed by atoms with E-state index in [1.165, 1.54) is 18.2 Å². The van der Waals surface area contributed by atoms with Crippen molar-refractivity contribution in [3.05, 3.63) is 45.1 Å². The van der Waals surface area contributed by atoms with Gasteiger partial charge in [-0.1, -0.05) is 0 Å². The van der Waals surface area contributed by atoms with Gasteiger partial charge in [-0.2, -0.15) is 0 Å². The zero-order valence-electron chi connectivity index (χ0n) is 12.5. The van der Waals surface area contributed by atoms with Crippen molar-refractivity contribution < 1.29 is 19.6 Å². The summed E-state index contributed by atoms with van der Waals surface area (Å²) in [5.74, 6) is -0.782. The van der Waals surface area contributed by atoms with Crippen LogP contribution in [-0.4, -0.2) is 27.7 Å². The predicted octanol–water partition coefficient (Wildman–Crippen LogP) is 1.66. The van der Waals surface area contributed by atoms with Crippen LogP contribution in [-0.2, 0) is 9.53 Å². The van der Waals surface area contributed by atoms with Crippen LogP contribution < -0.4 is 10.6 Å². The normalized spacial score (nSPS) is 17.3. The van der Waals surface area contributed by atoms with E-state index < -0.39 is 16.9 Å². The SMILES string of the molecule is CCOC(=O)C1=C(C)NC(=S)NC1c1cc([N+](=O)[O-])ccc1O. The molecule has 0 aromatic heterocycles. The lowest BCUT2D eigenvalue weighted by Crippen LogP contribution is -2.45. The third-order valence-corrected chi connectivity index (χ3v) is 3.52. The van der Waals surface area contributed by atoms with Gasteiger partial charge in [-0.25, -0.2) is 4.79 Å². The molecule has 9 heteroatoms. The van der Waals surface area contributed by atoms with E-state index in [-0.39, 0.29) is 34.3 Å². The van der Waals surface area contributed by atoms with Gasteiger partial charge in [0.25, 0.3) is 5.69 Å².